The smallest absolute Gasteiger partial charge is 0.262 e. The van der Waals surface area contributed by atoms with Crippen LogP contribution in [0.5, 0.6) is 11.5 Å². The van der Waals surface area contributed by atoms with Gasteiger partial charge in [-0.05, 0) is 35.9 Å². The van der Waals surface area contributed by atoms with Gasteiger partial charge in [-0.1, -0.05) is 48.5 Å². The first-order chi connectivity index (χ1) is 16.1. The number of methoxy groups -OCH3 is 2. The molecule has 0 saturated carbocycles. The zero-order valence-corrected chi connectivity index (χ0v) is 18.4. The van der Waals surface area contributed by atoms with Gasteiger partial charge >= 0.3 is 0 Å². The van der Waals surface area contributed by atoms with Gasteiger partial charge in [0.2, 0.25) is 5.91 Å². The lowest BCUT2D eigenvalue weighted by Crippen LogP contribution is -2.37. The summed E-state index contributed by atoms with van der Waals surface area (Å²) in [6.45, 7) is 0.210. The third-order valence-electron chi connectivity index (χ3n) is 6.16. The molecule has 2 aliphatic rings. The summed E-state index contributed by atoms with van der Waals surface area (Å²) in [6.07, 6.45) is -0.915. The van der Waals surface area contributed by atoms with Crippen molar-refractivity contribution in [2.75, 3.05) is 19.3 Å². The van der Waals surface area contributed by atoms with Crippen LogP contribution in [0.4, 0.5) is 5.69 Å². The fraction of sp³-hybridized carbons (Fsp3) is 0.231. The molecule has 3 aromatic rings. The molecule has 33 heavy (non-hydrogen) atoms. The van der Waals surface area contributed by atoms with Crippen molar-refractivity contribution in [1.29, 1.82) is 0 Å². The molecule has 168 valence electrons. The van der Waals surface area contributed by atoms with Crippen molar-refractivity contribution in [3.05, 3.63) is 90.0 Å². The summed E-state index contributed by atoms with van der Waals surface area (Å²) in [5, 5.41) is 1.66. The molecule has 2 heterocycles. The minimum atomic E-state index is -0.915. The number of amides is 2. The first kappa shape index (κ1) is 21.0. The van der Waals surface area contributed by atoms with Gasteiger partial charge in [-0.3, -0.25) is 19.3 Å². The maximum Gasteiger partial charge on any atom is 0.262 e. The third kappa shape index (κ3) is 3.60. The molecule has 0 spiro atoms. The van der Waals surface area contributed by atoms with Gasteiger partial charge in [-0.25, -0.2) is 5.06 Å². The predicted molar refractivity (Wildman–Crippen MR) is 122 cm³/mol. The van der Waals surface area contributed by atoms with Gasteiger partial charge in [0.15, 0.2) is 6.10 Å². The van der Waals surface area contributed by atoms with E-state index in [0.717, 1.165) is 16.8 Å². The van der Waals surface area contributed by atoms with Crippen molar-refractivity contribution in [2.24, 2.45) is 5.92 Å². The predicted octanol–water partition coefficient (Wildman–Crippen LogP) is 3.75. The second-order valence-electron chi connectivity index (χ2n) is 8.01. The number of hydroxylamine groups is 1. The highest BCUT2D eigenvalue weighted by Crippen LogP contribution is 2.49. The van der Waals surface area contributed by atoms with E-state index < -0.39 is 18.1 Å². The molecule has 7 nitrogen and oxygen atoms in total. The molecular formula is C26H24N2O5. The van der Waals surface area contributed by atoms with E-state index in [1.807, 2.05) is 66.7 Å². The Hall–Kier alpha value is -3.84. The van der Waals surface area contributed by atoms with E-state index in [1.165, 1.54) is 4.90 Å². The van der Waals surface area contributed by atoms with Gasteiger partial charge in [0, 0.05) is 5.56 Å². The molecule has 0 bridgehead atoms. The maximum absolute atomic E-state index is 13.6. The Morgan fingerprint density at radius 2 is 1.55 bits per heavy atom. The highest BCUT2D eigenvalue weighted by atomic mass is 16.7. The molecule has 2 amide bonds. The number of carbonyl (C=O) groups is 2. The van der Waals surface area contributed by atoms with E-state index in [4.69, 9.17) is 14.3 Å². The van der Waals surface area contributed by atoms with Crippen molar-refractivity contribution >= 4 is 17.5 Å². The van der Waals surface area contributed by atoms with Crippen LogP contribution in [0.2, 0.25) is 0 Å². The number of anilines is 1. The molecule has 2 fully saturated rings. The number of hydrogen-bond donors (Lipinski definition) is 0. The van der Waals surface area contributed by atoms with E-state index in [9.17, 15) is 9.59 Å². The van der Waals surface area contributed by atoms with Crippen molar-refractivity contribution < 1.29 is 23.9 Å². The summed E-state index contributed by atoms with van der Waals surface area (Å²) in [6, 6.07) is 23.8. The van der Waals surface area contributed by atoms with Crippen LogP contribution in [0.1, 0.15) is 17.2 Å². The number of para-hydroxylation sites is 1. The molecule has 7 heteroatoms. The first-order valence-electron chi connectivity index (χ1n) is 10.7. The van der Waals surface area contributed by atoms with E-state index in [-0.39, 0.29) is 18.4 Å². The van der Waals surface area contributed by atoms with Crippen LogP contribution < -0.4 is 14.5 Å². The Balaban J connectivity index is 1.58. The van der Waals surface area contributed by atoms with Crippen molar-refractivity contribution in [2.45, 2.75) is 18.7 Å². The van der Waals surface area contributed by atoms with Crippen LogP contribution in [0.25, 0.3) is 0 Å². The lowest BCUT2D eigenvalue weighted by molar-refractivity contribution is -0.143. The maximum atomic E-state index is 13.6. The summed E-state index contributed by atoms with van der Waals surface area (Å²) in [7, 11) is 3.16. The van der Waals surface area contributed by atoms with Crippen molar-refractivity contribution in [3.8, 4) is 11.5 Å². The Bertz CT molecular complexity index is 1170. The van der Waals surface area contributed by atoms with Gasteiger partial charge in [-0.2, -0.15) is 0 Å². The molecule has 5 rings (SSSR count). The highest BCUT2D eigenvalue weighted by molar-refractivity contribution is 6.07. The molecular weight excluding hydrogens is 420 g/mol. The number of benzene rings is 3. The summed E-state index contributed by atoms with van der Waals surface area (Å²) in [5.41, 5.74) is 2.35. The minimum Gasteiger partial charge on any atom is -0.497 e. The zero-order chi connectivity index (χ0) is 22.9. The average Bonchev–Trinajstić information content (AvgIpc) is 3.36. The Kier molecular flexibility index (Phi) is 5.48. The van der Waals surface area contributed by atoms with Crippen molar-refractivity contribution in [3.63, 3.8) is 0 Å². The van der Waals surface area contributed by atoms with Gasteiger partial charge < -0.3 is 9.47 Å². The topological polar surface area (TPSA) is 68.3 Å². The number of carbonyl (C=O) groups excluding carboxylic acids is 2. The molecule has 0 aromatic heterocycles. The van der Waals surface area contributed by atoms with Gasteiger partial charge in [-0.15, -0.1) is 0 Å². The fourth-order valence-electron chi connectivity index (χ4n) is 4.58. The zero-order valence-electron chi connectivity index (χ0n) is 18.4. The van der Waals surface area contributed by atoms with Crippen LogP contribution in [-0.2, 0) is 21.0 Å². The number of likely N-dealkylation sites (tertiary alicyclic amines) is 1. The van der Waals surface area contributed by atoms with Crippen LogP contribution in [0, 0.1) is 5.92 Å². The molecule has 0 radical (unpaired) electrons. The van der Waals surface area contributed by atoms with E-state index in [1.54, 1.807) is 31.4 Å². The number of rotatable bonds is 6. The summed E-state index contributed by atoms with van der Waals surface area (Å²) >= 11 is 0. The summed E-state index contributed by atoms with van der Waals surface area (Å²) in [4.78, 5) is 34.5. The highest BCUT2D eigenvalue weighted by Gasteiger charge is 2.60. The molecule has 2 aliphatic heterocycles. The lowest BCUT2D eigenvalue weighted by Gasteiger charge is -2.29. The molecule has 0 unspecified atom stereocenters. The number of nitrogens with zero attached hydrogens (tertiary/aromatic N) is 2. The SMILES string of the molecule is COc1ccc(OC)c([C@@H]2[C@@H]3C(=O)N(Cc4ccccc4)C(=O)[C@H]3ON2c2ccccc2)c1. The number of ether oxygens (including phenoxy) is 2. The minimum absolute atomic E-state index is 0.210. The third-order valence-corrected chi connectivity index (χ3v) is 6.16. The van der Waals surface area contributed by atoms with E-state index in [0.29, 0.717) is 11.5 Å². The molecule has 0 aliphatic carbocycles. The van der Waals surface area contributed by atoms with Crippen LogP contribution in [0.15, 0.2) is 78.9 Å². The summed E-state index contributed by atoms with van der Waals surface area (Å²) in [5.74, 6) is -0.100. The largest absolute Gasteiger partial charge is 0.497 e. The monoisotopic (exact) mass is 444 g/mol. The van der Waals surface area contributed by atoms with Gasteiger partial charge in [0.1, 0.15) is 23.5 Å². The Morgan fingerprint density at radius 1 is 0.848 bits per heavy atom. The second-order valence-corrected chi connectivity index (χ2v) is 8.01. The number of hydrogen-bond acceptors (Lipinski definition) is 6. The summed E-state index contributed by atoms with van der Waals surface area (Å²) < 4.78 is 11.1. The standard InChI is InChI=1S/C26H24N2O5/c1-31-19-13-14-21(32-2)20(15-19)23-22-24(33-28(23)18-11-7-4-8-12-18)26(30)27(25(22)29)16-17-9-5-3-6-10-17/h3-15,22-24H,16H2,1-2H3/t22-,23+,24-/m0/s1. The van der Waals surface area contributed by atoms with E-state index >= 15 is 0 Å². The molecule has 2 saturated heterocycles. The first-order valence-corrected chi connectivity index (χ1v) is 10.7. The quantitative estimate of drug-likeness (QED) is 0.540. The molecule has 3 aromatic carbocycles. The fourth-order valence-corrected chi connectivity index (χ4v) is 4.58. The number of imide groups is 1. The van der Waals surface area contributed by atoms with Crippen LogP contribution in [-0.4, -0.2) is 37.0 Å². The van der Waals surface area contributed by atoms with Gasteiger partial charge in [0.25, 0.3) is 5.91 Å². The van der Waals surface area contributed by atoms with Crippen LogP contribution in [0.3, 0.4) is 0 Å². The number of fused-ring (bicyclic) bond motifs is 1. The van der Waals surface area contributed by atoms with Gasteiger partial charge in [0.05, 0.1) is 26.5 Å². The Labute approximate surface area is 192 Å². The lowest BCUT2D eigenvalue weighted by atomic mass is 9.89. The normalized spacial score (nSPS) is 21.9. The average molecular weight is 444 g/mol. The van der Waals surface area contributed by atoms with Crippen LogP contribution >= 0.6 is 0 Å². The molecule has 3 atom stereocenters. The van der Waals surface area contributed by atoms with E-state index in [2.05, 4.69) is 0 Å². The van der Waals surface area contributed by atoms with Crippen molar-refractivity contribution in [1.82, 2.24) is 4.90 Å². The molecule has 0 N–H and O–H groups in total. The second kappa shape index (κ2) is 8.60. The Morgan fingerprint density at radius 3 is 2.21 bits per heavy atom.